The van der Waals surface area contributed by atoms with Crippen LogP contribution in [0.3, 0.4) is 0 Å². The highest BCUT2D eigenvalue weighted by Crippen LogP contribution is 2.15. The number of carbonyl (C=O) groups excluding carboxylic acids is 1. The van der Waals surface area contributed by atoms with Crippen molar-refractivity contribution in [3.63, 3.8) is 0 Å². The average Bonchev–Trinajstić information content (AvgIpc) is 2.92. The van der Waals surface area contributed by atoms with E-state index in [1.54, 1.807) is 31.2 Å². The number of hydrogen-bond acceptors (Lipinski definition) is 3. The van der Waals surface area contributed by atoms with Gasteiger partial charge in [-0.1, -0.05) is 12.1 Å². The van der Waals surface area contributed by atoms with Crippen molar-refractivity contribution in [3.8, 4) is 0 Å². The van der Waals surface area contributed by atoms with Gasteiger partial charge in [-0.05, 0) is 31.2 Å². The van der Waals surface area contributed by atoms with Gasteiger partial charge in [-0.15, -0.1) is 0 Å². The van der Waals surface area contributed by atoms with E-state index in [-0.39, 0.29) is 17.2 Å². The molecule has 0 saturated carbocycles. The van der Waals surface area contributed by atoms with Gasteiger partial charge in [0, 0.05) is 0 Å². The summed E-state index contributed by atoms with van der Waals surface area (Å²) in [5.74, 6) is -0.959. The van der Waals surface area contributed by atoms with Gasteiger partial charge in [-0.3, -0.25) is 4.79 Å². The standard InChI is InChI=1S/C14H13NO4/c1-9(12-7-4-8-19-12)15-13(16)10-5-2-3-6-11(10)14(17)18/h2-9H,1H3,(H,15,16)(H,17,18)/t9-/m0/s1. The summed E-state index contributed by atoms with van der Waals surface area (Å²) >= 11 is 0. The van der Waals surface area contributed by atoms with Gasteiger partial charge in [0.2, 0.25) is 0 Å². The van der Waals surface area contributed by atoms with E-state index < -0.39 is 11.9 Å². The Hall–Kier alpha value is -2.56. The molecule has 2 N–H and O–H groups in total. The molecule has 1 heterocycles. The summed E-state index contributed by atoms with van der Waals surface area (Å²) in [4.78, 5) is 23.1. The molecule has 0 bridgehead atoms. The number of hydrogen-bond donors (Lipinski definition) is 2. The van der Waals surface area contributed by atoms with Crippen molar-refractivity contribution in [1.82, 2.24) is 5.32 Å². The number of nitrogens with one attached hydrogen (secondary N) is 1. The Kier molecular flexibility index (Phi) is 3.66. The second-order valence-corrected chi connectivity index (χ2v) is 4.06. The van der Waals surface area contributed by atoms with Gasteiger partial charge in [0.25, 0.3) is 5.91 Å². The summed E-state index contributed by atoms with van der Waals surface area (Å²) < 4.78 is 5.18. The van der Waals surface area contributed by atoms with Crippen LogP contribution in [0.1, 0.15) is 39.4 Å². The quantitative estimate of drug-likeness (QED) is 0.883. The van der Waals surface area contributed by atoms with Gasteiger partial charge in [0.1, 0.15) is 5.76 Å². The third-order valence-corrected chi connectivity index (χ3v) is 2.72. The number of benzene rings is 1. The van der Waals surface area contributed by atoms with Gasteiger partial charge in [0.05, 0.1) is 23.4 Å². The molecule has 1 aromatic carbocycles. The normalized spacial score (nSPS) is 11.8. The lowest BCUT2D eigenvalue weighted by atomic mass is 10.1. The van der Waals surface area contributed by atoms with E-state index in [2.05, 4.69) is 5.32 Å². The molecule has 19 heavy (non-hydrogen) atoms. The summed E-state index contributed by atoms with van der Waals surface area (Å²) in [6.45, 7) is 1.76. The first kappa shape index (κ1) is 12.9. The third-order valence-electron chi connectivity index (χ3n) is 2.72. The maximum atomic E-state index is 12.1. The van der Waals surface area contributed by atoms with Crippen LogP contribution in [0.4, 0.5) is 0 Å². The number of furan rings is 1. The summed E-state index contributed by atoms with van der Waals surface area (Å²) in [6, 6.07) is 9.22. The first-order valence-electron chi connectivity index (χ1n) is 5.76. The number of carboxylic acid groups (broad SMARTS) is 1. The molecule has 0 aliphatic heterocycles. The van der Waals surface area contributed by atoms with E-state index in [0.717, 1.165) is 0 Å². The minimum absolute atomic E-state index is 0.0216. The van der Waals surface area contributed by atoms with Crippen LogP contribution in [0.2, 0.25) is 0 Å². The molecule has 0 aliphatic rings. The summed E-state index contributed by atoms with van der Waals surface area (Å²) in [5, 5.41) is 11.7. The Morgan fingerprint density at radius 1 is 1.16 bits per heavy atom. The molecule has 0 spiro atoms. The van der Waals surface area contributed by atoms with Gasteiger partial charge in [-0.25, -0.2) is 4.79 Å². The number of rotatable bonds is 4. The summed E-state index contributed by atoms with van der Waals surface area (Å²) in [7, 11) is 0. The fourth-order valence-electron chi connectivity index (χ4n) is 1.75. The maximum Gasteiger partial charge on any atom is 0.336 e. The smallest absolute Gasteiger partial charge is 0.336 e. The summed E-state index contributed by atoms with van der Waals surface area (Å²) in [6.07, 6.45) is 1.52. The van der Waals surface area contributed by atoms with Gasteiger partial charge in [-0.2, -0.15) is 0 Å². The monoisotopic (exact) mass is 259 g/mol. The zero-order valence-corrected chi connectivity index (χ0v) is 10.3. The topological polar surface area (TPSA) is 79.5 Å². The molecule has 0 aliphatic carbocycles. The predicted molar refractivity (Wildman–Crippen MR) is 68.0 cm³/mol. The van der Waals surface area contributed by atoms with E-state index in [4.69, 9.17) is 9.52 Å². The van der Waals surface area contributed by atoms with Crippen molar-refractivity contribution in [3.05, 3.63) is 59.5 Å². The van der Waals surface area contributed by atoms with Crippen molar-refractivity contribution in [1.29, 1.82) is 0 Å². The van der Waals surface area contributed by atoms with E-state index in [1.165, 1.54) is 18.4 Å². The fraction of sp³-hybridized carbons (Fsp3) is 0.143. The Balaban J connectivity index is 2.19. The molecule has 0 unspecified atom stereocenters. The minimum atomic E-state index is -1.13. The van der Waals surface area contributed by atoms with Crippen molar-refractivity contribution < 1.29 is 19.1 Å². The van der Waals surface area contributed by atoms with Crippen molar-refractivity contribution in [2.24, 2.45) is 0 Å². The van der Waals surface area contributed by atoms with Gasteiger partial charge in [0.15, 0.2) is 0 Å². The van der Waals surface area contributed by atoms with Crippen LogP contribution in [0, 0.1) is 0 Å². The molecule has 1 amide bonds. The van der Waals surface area contributed by atoms with Crippen molar-refractivity contribution in [2.45, 2.75) is 13.0 Å². The molecule has 1 atom stereocenters. The number of amides is 1. The van der Waals surface area contributed by atoms with Crippen molar-refractivity contribution in [2.75, 3.05) is 0 Å². The highest BCUT2D eigenvalue weighted by atomic mass is 16.4. The Labute approximate surface area is 109 Å². The van der Waals surface area contributed by atoms with E-state index in [1.807, 2.05) is 0 Å². The highest BCUT2D eigenvalue weighted by Gasteiger charge is 2.18. The van der Waals surface area contributed by atoms with Crippen LogP contribution >= 0.6 is 0 Å². The van der Waals surface area contributed by atoms with Gasteiger partial charge >= 0.3 is 5.97 Å². The van der Waals surface area contributed by atoms with Crippen LogP contribution in [0.15, 0.2) is 47.1 Å². The van der Waals surface area contributed by atoms with E-state index in [9.17, 15) is 9.59 Å². The molecule has 0 saturated heterocycles. The molecule has 5 nitrogen and oxygen atoms in total. The minimum Gasteiger partial charge on any atom is -0.478 e. The first-order chi connectivity index (χ1) is 9.09. The molecule has 0 radical (unpaired) electrons. The highest BCUT2D eigenvalue weighted by molar-refractivity contribution is 6.04. The van der Waals surface area contributed by atoms with Gasteiger partial charge < -0.3 is 14.8 Å². The molecule has 2 rings (SSSR count). The largest absolute Gasteiger partial charge is 0.478 e. The van der Waals surface area contributed by atoms with Crippen LogP contribution in [0.5, 0.6) is 0 Å². The number of aromatic carboxylic acids is 1. The van der Waals surface area contributed by atoms with Crippen molar-refractivity contribution >= 4 is 11.9 Å². The predicted octanol–water partition coefficient (Wildman–Crippen LogP) is 2.47. The summed E-state index contributed by atoms with van der Waals surface area (Å²) in [5.41, 5.74) is 0.111. The lowest BCUT2D eigenvalue weighted by molar-refractivity contribution is 0.0690. The fourth-order valence-corrected chi connectivity index (χ4v) is 1.75. The third kappa shape index (κ3) is 2.82. The number of carboxylic acids is 1. The molecule has 5 heteroatoms. The van der Waals surface area contributed by atoms with Crippen LogP contribution in [0.25, 0.3) is 0 Å². The lowest BCUT2D eigenvalue weighted by Crippen LogP contribution is -2.27. The molecular weight excluding hydrogens is 246 g/mol. The SMILES string of the molecule is C[C@H](NC(=O)c1ccccc1C(=O)O)c1ccco1. The second-order valence-electron chi connectivity index (χ2n) is 4.06. The lowest BCUT2D eigenvalue weighted by Gasteiger charge is -2.12. The molecule has 1 aromatic heterocycles. The zero-order valence-electron chi connectivity index (χ0n) is 10.3. The average molecular weight is 259 g/mol. The molecule has 2 aromatic rings. The Morgan fingerprint density at radius 3 is 2.42 bits per heavy atom. The molecular formula is C14H13NO4. The van der Waals surface area contributed by atoms with Crippen LogP contribution < -0.4 is 5.32 Å². The second kappa shape index (κ2) is 5.39. The molecule has 0 fully saturated rings. The van der Waals surface area contributed by atoms with Crippen LogP contribution in [-0.2, 0) is 0 Å². The first-order valence-corrected chi connectivity index (χ1v) is 5.76. The Bertz CT molecular complexity index is 589. The molecule has 98 valence electrons. The zero-order chi connectivity index (χ0) is 13.8. The van der Waals surface area contributed by atoms with Crippen LogP contribution in [-0.4, -0.2) is 17.0 Å². The van der Waals surface area contributed by atoms with E-state index in [0.29, 0.717) is 5.76 Å². The van der Waals surface area contributed by atoms with E-state index >= 15 is 0 Å². The number of carbonyl (C=O) groups is 2. The Morgan fingerprint density at radius 2 is 1.84 bits per heavy atom. The maximum absolute atomic E-state index is 12.1.